The van der Waals surface area contributed by atoms with Crippen LogP contribution in [0.5, 0.6) is 5.75 Å². The van der Waals surface area contributed by atoms with Crippen LogP contribution in [-0.2, 0) is 6.61 Å². The zero-order valence-corrected chi connectivity index (χ0v) is 13.4. The molecule has 2 heterocycles. The van der Waals surface area contributed by atoms with Gasteiger partial charge in [0.15, 0.2) is 6.61 Å². The quantitative estimate of drug-likeness (QED) is 0.681. The third kappa shape index (κ3) is 3.10. The van der Waals surface area contributed by atoms with Gasteiger partial charge >= 0.3 is 0 Å². The van der Waals surface area contributed by atoms with Crippen LogP contribution in [0.3, 0.4) is 0 Å². The molecule has 7 heteroatoms. The van der Waals surface area contributed by atoms with Crippen molar-refractivity contribution in [3.05, 3.63) is 51.7 Å². The van der Waals surface area contributed by atoms with E-state index < -0.39 is 0 Å². The zero-order chi connectivity index (χ0) is 15.7. The van der Waals surface area contributed by atoms with Gasteiger partial charge in [-0.25, -0.2) is 0 Å². The predicted molar refractivity (Wildman–Crippen MR) is 82.3 cm³/mol. The Balaban J connectivity index is 1.75. The summed E-state index contributed by atoms with van der Waals surface area (Å²) in [5, 5.41) is 8.95. The number of hydrogen-bond acceptors (Lipinski definition) is 5. The van der Waals surface area contributed by atoms with Crippen molar-refractivity contribution in [2.24, 2.45) is 0 Å². The first-order chi connectivity index (χ1) is 10.5. The van der Waals surface area contributed by atoms with Gasteiger partial charge in [-0.1, -0.05) is 23.2 Å². The number of ether oxygens (including phenoxy) is 1. The molecule has 0 bridgehead atoms. The average Bonchev–Trinajstić information content (AvgIpc) is 3.06. The highest BCUT2D eigenvalue weighted by molar-refractivity contribution is 6.34. The van der Waals surface area contributed by atoms with Gasteiger partial charge in [0, 0.05) is 11.1 Å². The second-order valence-corrected chi connectivity index (χ2v) is 5.53. The smallest absolute Gasteiger partial charge is 0.254 e. The van der Waals surface area contributed by atoms with E-state index in [9.17, 15) is 0 Å². The van der Waals surface area contributed by atoms with E-state index in [4.69, 9.17) is 36.8 Å². The number of nitrogens with zero attached hydrogens (tertiary/aromatic N) is 2. The molecule has 0 unspecified atom stereocenters. The van der Waals surface area contributed by atoms with Gasteiger partial charge in [-0.2, -0.15) is 0 Å². The highest BCUT2D eigenvalue weighted by Gasteiger charge is 2.15. The first kappa shape index (κ1) is 14.9. The van der Waals surface area contributed by atoms with E-state index in [-0.39, 0.29) is 6.61 Å². The summed E-state index contributed by atoms with van der Waals surface area (Å²) in [5.41, 5.74) is 0.775. The number of aromatic nitrogens is 2. The summed E-state index contributed by atoms with van der Waals surface area (Å²) >= 11 is 11.9. The van der Waals surface area contributed by atoms with Crippen molar-refractivity contribution < 1.29 is 13.6 Å². The van der Waals surface area contributed by atoms with E-state index in [0.29, 0.717) is 27.6 Å². The highest BCUT2D eigenvalue weighted by Crippen LogP contribution is 2.29. The number of benzene rings is 1. The van der Waals surface area contributed by atoms with Crippen LogP contribution in [0.1, 0.15) is 17.4 Å². The lowest BCUT2D eigenvalue weighted by Crippen LogP contribution is -1.96. The number of rotatable bonds is 4. The van der Waals surface area contributed by atoms with Crippen LogP contribution < -0.4 is 4.74 Å². The Hall–Kier alpha value is -1.98. The van der Waals surface area contributed by atoms with Crippen molar-refractivity contribution >= 4 is 23.2 Å². The molecule has 0 atom stereocenters. The summed E-state index contributed by atoms with van der Waals surface area (Å²) in [5.74, 6) is 2.71. The molecule has 0 aliphatic heterocycles. The Morgan fingerprint density at radius 3 is 2.64 bits per heavy atom. The van der Waals surface area contributed by atoms with Crippen LogP contribution in [0.2, 0.25) is 10.0 Å². The summed E-state index contributed by atoms with van der Waals surface area (Å²) in [4.78, 5) is 0. The summed E-state index contributed by atoms with van der Waals surface area (Å²) < 4.78 is 16.6. The van der Waals surface area contributed by atoms with Crippen molar-refractivity contribution in [2.45, 2.75) is 20.5 Å². The Morgan fingerprint density at radius 1 is 1.09 bits per heavy atom. The highest BCUT2D eigenvalue weighted by atomic mass is 35.5. The molecule has 22 heavy (non-hydrogen) atoms. The molecule has 5 nitrogen and oxygen atoms in total. The van der Waals surface area contributed by atoms with Crippen LogP contribution >= 0.6 is 23.2 Å². The van der Waals surface area contributed by atoms with E-state index in [0.717, 1.165) is 17.1 Å². The third-order valence-corrected chi connectivity index (χ3v) is 3.53. The van der Waals surface area contributed by atoms with Crippen molar-refractivity contribution in [2.75, 3.05) is 0 Å². The minimum atomic E-state index is 0.100. The van der Waals surface area contributed by atoms with Gasteiger partial charge in [-0.05, 0) is 32.0 Å². The molecular weight excluding hydrogens is 327 g/mol. The SMILES string of the molecule is Cc1cc(-c2nnc(COc3cc(Cl)ccc3Cl)o2)c(C)o1. The van der Waals surface area contributed by atoms with Crippen LogP contribution in [-0.4, -0.2) is 10.2 Å². The Kier molecular flexibility index (Phi) is 4.09. The third-order valence-electron chi connectivity index (χ3n) is 2.98. The van der Waals surface area contributed by atoms with E-state index in [1.807, 2.05) is 19.9 Å². The maximum absolute atomic E-state index is 6.02. The van der Waals surface area contributed by atoms with E-state index in [1.54, 1.807) is 18.2 Å². The first-order valence-electron chi connectivity index (χ1n) is 6.50. The topological polar surface area (TPSA) is 61.3 Å². The fraction of sp³-hybridized carbons (Fsp3) is 0.200. The number of halogens is 2. The predicted octanol–water partition coefficient (Wildman–Crippen LogP) is 4.83. The summed E-state index contributed by atoms with van der Waals surface area (Å²) in [6.45, 7) is 3.80. The number of furan rings is 1. The maximum Gasteiger partial charge on any atom is 0.254 e. The zero-order valence-electron chi connectivity index (χ0n) is 11.9. The van der Waals surface area contributed by atoms with Crippen LogP contribution in [0, 0.1) is 13.8 Å². The van der Waals surface area contributed by atoms with Gasteiger partial charge in [0.05, 0.1) is 10.6 Å². The Morgan fingerprint density at radius 2 is 1.91 bits per heavy atom. The second-order valence-electron chi connectivity index (χ2n) is 4.69. The van der Waals surface area contributed by atoms with Crippen LogP contribution in [0.15, 0.2) is 33.1 Å². The summed E-state index contributed by atoms with van der Waals surface area (Å²) in [6, 6.07) is 6.83. The number of hydrogen-bond donors (Lipinski definition) is 0. The van der Waals surface area contributed by atoms with Gasteiger partial charge in [0.1, 0.15) is 17.3 Å². The molecule has 0 amide bonds. The number of aryl methyl sites for hydroxylation is 2. The van der Waals surface area contributed by atoms with Gasteiger partial charge in [-0.3, -0.25) is 0 Å². The van der Waals surface area contributed by atoms with Gasteiger partial charge in [-0.15, -0.1) is 10.2 Å². The van der Waals surface area contributed by atoms with Crippen LogP contribution in [0.4, 0.5) is 0 Å². The van der Waals surface area contributed by atoms with Crippen molar-refractivity contribution in [1.29, 1.82) is 0 Å². The molecule has 0 fully saturated rings. The lowest BCUT2D eigenvalue weighted by atomic mass is 10.2. The average molecular weight is 339 g/mol. The molecule has 0 radical (unpaired) electrons. The first-order valence-corrected chi connectivity index (χ1v) is 7.26. The molecule has 0 spiro atoms. The van der Waals surface area contributed by atoms with Crippen LogP contribution in [0.25, 0.3) is 11.5 Å². The maximum atomic E-state index is 6.02. The second kappa shape index (κ2) is 6.02. The summed E-state index contributed by atoms with van der Waals surface area (Å²) in [6.07, 6.45) is 0. The fourth-order valence-corrected chi connectivity index (χ4v) is 2.33. The van der Waals surface area contributed by atoms with E-state index in [2.05, 4.69) is 10.2 Å². The normalized spacial score (nSPS) is 10.9. The standard InChI is InChI=1S/C15H12Cl2N2O3/c1-8-5-11(9(2)21-8)15-19-18-14(22-15)7-20-13-6-10(16)3-4-12(13)17/h3-6H,7H2,1-2H3. The largest absolute Gasteiger partial charge is 0.482 e. The molecule has 0 saturated heterocycles. The molecule has 0 saturated carbocycles. The molecular formula is C15H12Cl2N2O3. The monoisotopic (exact) mass is 338 g/mol. The Labute approximate surface area is 136 Å². The van der Waals surface area contributed by atoms with Crippen molar-refractivity contribution in [3.8, 4) is 17.2 Å². The van der Waals surface area contributed by atoms with Gasteiger partial charge in [0.25, 0.3) is 11.8 Å². The lowest BCUT2D eigenvalue weighted by Gasteiger charge is -2.05. The fourth-order valence-electron chi connectivity index (χ4n) is 1.99. The van der Waals surface area contributed by atoms with E-state index >= 15 is 0 Å². The Bertz CT molecular complexity index is 811. The molecule has 2 aromatic heterocycles. The molecule has 1 aromatic carbocycles. The van der Waals surface area contributed by atoms with Gasteiger partial charge < -0.3 is 13.6 Å². The molecule has 3 aromatic rings. The van der Waals surface area contributed by atoms with Gasteiger partial charge in [0.2, 0.25) is 0 Å². The van der Waals surface area contributed by atoms with Crippen molar-refractivity contribution in [3.63, 3.8) is 0 Å². The minimum absolute atomic E-state index is 0.100. The molecule has 0 N–H and O–H groups in total. The minimum Gasteiger partial charge on any atom is -0.482 e. The molecule has 0 aliphatic rings. The van der Waals surface area contributed by atoms with Crippen molar-refractivity contribution in [1.82, 2.24) is 10.2 Å². The molecule has 114 valence electrons. The molecule has 0 aliphatic carbocycles. The molecule has 3 rings (SSSR count). The summed E-state index contributed by atoms with van der Waals surface area (Å²) in [7, 11) is 0. The van der Waals surface area contributed by atoms with E-state index in [1.165, 1.54) is 0 Å². The lowest BCUT2D eigenvalue weighted by molar-refractivity contribution is 0.264.